The van der Waals surface area contributed by atoms with E-state index < -0.39 is 11.0 Å². The zero-order valence-electron chi connectivity index (χ0n) is 4.73. The molecule has 0 aromatic carbocycles. The number of hydrogen-bond donors (Lipinski definition) is 1. The molecule has 0 fully saturated rings. The number of ether oxygens (including phenoxy) is 1. The summed E-state index contributed by atoms with van der Waals surface area (Å²) in [6.45, 7) is 0. The van der Waals surface area contributed by atoms with Crippen molar-refractivity contribution >= 4 is 29.2 Å². The van der Waals surface area contributed by atoms with Crippen LogP contribution >= 0.6 is 23.2 Å². The van der Waals surface area contributed by atoms with Crippen molar-refractivity contribution < 1.29 is 14.6 Å². The Hall–Kier alpha value is 0.01000. The van der Waals surface area contributed by atoms with Crippen LogP contribution in [0.15, 0.2) is 0 Å². The minimum Gasteiger partial charge on any atom is -0.478 e. The van der Waals surface area contributed by atoms with Crippen LogP contribution in [0.1, 0.15) is 0 Å². The van der Waals surface area contributed by atoms with Gasteiger partial charge in [0.25, 0.3) is 5.06 Å². The third-order valence-electron chi connectivity index (χ3n) is 0.815. The molecule has 0 spiro atoms. The van der Waals surface area contributed by atoms with Crippen LogP contribution < -0.4 is 0 Å². The van der Waals surface area contributed by atoms with E-state index >= 15 is 0 Å². The molecule has 0 saturated heterocycles. The quantitative estimate of drug-likeness (QED) is 0.644. The first-order chi connectivity index (χ1) is 4.06. The van der Waals surface area contributed by atoms with E-state index in [0.29, 0.717) is 0 Å². The Kier molecular flexibility index (Phi) is 3.25. The van der Waals surface area contributed by atoms with Crippen LogP contribution in [0.4, 0.5) is 0 Å². The van der Waals surface area contributed by atoms with Gasteiger partial charge in [-0.1, -0.05) is 11.6 Å². The number of rotatable bonds is 3. The molecule has 54 valence electrons. The van der Waals surface area contributed by atoms with Crippen molar-refractivity contribution in [3.05, 3.63) is 0 Å². The summed E-state index contributed by atoms with van der Waals surface area (Å²) in [6.07, 6.45) is 0. The van der Waals surface area contributed by atoms with Crippen molar-refractivity contribution in [1.82, 2.24) is 0 Å². The molecular weight excluding hydrogens is 167 g/mol. The highest BCUT2D eigenvalue weighted by Crippen LogP contribution is 2.17. The Bertz CT molecular complexity index is 110. The van der Waals surface area contributed by atoms with Crippen molar-refractivity contribution in [3.8, 4) is 0 Å². The monoisotopic (exact) mass is 172 g/mol. The van der Waals surface area contributed by atoms with E-state index in [1.165, 1.54) is 7.11 Å². The second-order valence-electron chi connectivity index (χ2n) is 1.37. The normalized spacial score (nSPS) is 16.8. The van der Waals surface area contributed by atoms with E-state index in [9.17, 15) is 4.79 Å². The highest BCUT2D eigenvalue weighted by molar-refractivity contribution is 6.37. The van der Waals surface area contributed by atoms with E-state index in [0.717, 1.165) is 0 Å². The number of alkyl halides is 2. The summed E-state index contributed by atoms with van der Waals surface area (Å²) in [6, 6.07) is 0. The maximum absolute atomic E-state index is 10.1. The summed E-state index contributed by atoms with van der Waals surface area (Å²) < 4.78 is 4.38. The smallest absolute Gasteiger partial charge is 0.353 e. The molecule has 0 rings (SSSR count). The number of carbonyl (C=O) groups is 1. The van der Waals surface area contributed by atoms with E-state index in [1.807, 2.05) is 0 Å². The first kappa shape index (κ1) is 9.01. The molecule has 3 nitrogen and oxygen atoms in total. The summed E-state index contributed by atoms with van der Waals surface area (Å²) in [5.74, 6) is -1.55. The Morgan fingerprint density at radius 2 is 2.33 bits per heavy atom. The van der Waals surface area contributed by atoms with Gasteiger partial charge in [0.05, 0.1) is 5.88 Å². The van der Waals surface area contributed by atoms with Crippen LogP contribution in [0, 0.1) is 0 Å². The molecule has 0 saturated carbocycles. The number of carboxylic acids is 1. The molecule has 1 unspecified atom stereocenters. The second-order valence-corrected chi connectivity index (χ2v) is 2.25. The second kappa shape index (κ2) is 3.25. The Morgan fingerprint density at radius 3 is 2.33 bits per heavy atom. The van der Waals surface area contributed by atoms with E-state index in [-0.39, 0.29) is 5.88 Å². The molecule has 9 heavy (non-hydrogen) atoms. The molecule has 5 heteroatoms. The SMILES string of the molecule is COC(Cl)(CCl)C(=O)O. The third-order valence-corrected chi connectivity index (χ3v) is 1.78. The fourth-order valence-electron chi connectivity index (χ4n) is 0.199. The molecule has 0 aromatic rings. The van der Waals surface area contributed by atoms with Crippen molar-refractivity contribution in [3.63, 3.8) is 0 Å². The van der Waals surface area contributed by atoms with Gasteiger partial charge in [-0.3, -0.25) is 0 Å². The van der Waals surface area contributed by atoms with Gasteiger partial charge in [-0.25, -0.2) is 4.79 Å². The van der Waals surface area contributed by atoms with Crippen LogP contribution in [-0.4, -0.2) is 29.1 Å². The minimum atomic E-state index is -1.76. The van der Waals surface area contributed by atoms with Gasteiger partial charge < -0.3 is 9.84 Å². The van der Waals surface area contributed by atoms with Gasteiger partial charge >= 0.3 is 5.97 Å². The van der Waals surface area contributed by atoms with E-state index in [2.05, 4.69) is 4.74 Å². The van der Waals surface area contributed by atoms with Crippen LogP contribution in [0.25, 0.3) is 0 Å². The lowest BCUT2D eigenvalue weighted by Gasteiger charge is -2.15. The number of aliphatic carboxylic acids is 1. The lowest BCUT2D eigenvalue weighted by Crippen LogP contribution is -2.36. The van der Waals surface area contributed by atoms with Crippen molar-refractivity contribution in [2.24, 2.45) is 0 Å². The molecule has 0 aliphatic carbocycles. The molecule has 1 N–H and O–H groups in total. The van der Waals surface area contributed by atoms with Crippen LogP contribution in [0.5, 0.6) is 0 Å². The van der Waals surface area contributed by atoms with Gasteiger partial charge in [-0.15, -0.1) is 11.6 Å². The first-order valence-corrected chi connectivity index (χ1v) is 3.01. The number of hydrogen-bond acceptors (Lipinski definition) is 2. The van der Waals surface area contributed by atoms with Crippen molar-refractivity contribution in [2.45, 2.75) is 5.06 Å². The molecule has 0 amide bonds. The molecular formula is C4H6Cl2O3. The molecule has 1 atom stereocenters. The molecule has 0 radical (unpaired) electrons. The molecule has 0 bridgehead atoms. The lowest BCUT2D eigenvalue weighted by atomic mass is 10.4. The van der Waals surface area contributed by atoms with Crippen LogP contribution in [-0.2, 0) is 9.53 Å². The summed E-state index contributed by atoms with van der Waals surface area (Å²) in [5, 5.41) is 6.53. The lowest BCUT2D eigenvalue weighted by molar-refractivity contribution is -0.150. The summed E-state index contributed by atoms with van der Waals surface area (Å²) >= 11 is 10.5. The number of carboxylic acid groups (broad SMARTS) is 1. The average molecular weight is 173 g/mol. The standard InChI is InChI=1S/C4H6Cl2O3/c1-9-4(6,2-5)3(7)8/h2H2,1H3,(H,7,8). The van der Waals surface area contributed by atoms with Gasteiger partial charge in [-0.05, 0) is 0 Å². The Labute approximate surface area is 62.5 Å². The predicted molar refractivity (Wildman–Crippen MR) is 33.9 cm³/mol. The molecule has 0 aliphatic heterocycles. The number of methoxy groups -OCH3 is 1. The third kappa shape index (κ3) is 2.01. The van der Waals surface area contributed by atoms with Crippen molar-refractivity contribution in [2.75, 3.05) is 13.0 Å². The maximum Gasteiger partial charge on any atom is 0.353 e. The van der Waals surface area contributed by atoms with E-state index in [1.54, 1.807) is 0 Å². The highest BCUT2D eigenvalue weighted by Gasteiger charge is 2.34. The molecule has 0 aromatic heterocycles. The summed E-state index contributed by atoms with van der Waals surface area (Å²) in [5.41, 5.74) is 0. The highest BCUT2D eigenvalue weighted by atomic mass is 35.5. The van der Waals surface area contributed by atoms with Gasteiger partial charge in [0, 0.05) is 7.11 Å². The van der Waals surface area contributed by atoms with Gasteiger partial charge in [0.1, 0.15) is 0 Å². The van der Waals surface area contributed by atoms with Gasteiger partial charge in [0.2, 0.25) is 0 Å². The van der Waals surface area contributed by atoms with Gasteiger partial charge in [0.15, 0.2) is 0 Å². The van der Waals surface area contributed by atoms with Crippen molar-refractivity contribution in [1.29, 1.82) is 0 Å². The fourth-order valence-corrected chi connectivity index (χ4v) is 0.422. The minimum absolute atomic E-state index is 0.277. The van der Waals surface area contributed by atoms with Crippen LogP contribution in [0.2, 0.25) is 0 Å². The number of halogens is 2. The maximum atomic E-state index is 10.1. The van der Waals surface area contributed by atoms with E-state index in [4.69, 9.17) is 28.3 Å². The Morgan fingerprint density at radius 1 is 1.89 bits per heavy atom. The summed E-state index contributed by atoms with van der Waals surface area (Å²) in [4.78, 5) is 10.1. The Balaban J connectivity index is 4.09. The molecule has 0 heterocycles. The zero-order chi connectivity index (χ0) is 7.49. The molecule has 0 aliphatic rings. The van der Waals surface area contributed by atoms with Crippen LogP contribution in [0.3, 0.4) is 0 Å². The largest absolute Gasteiger partial charge is 0.478 e. The zero-order valence-corrected chi connectivity index (χ0v) is 6.24. The fraction of sp³-hybridized carbons (Fsp3) is 0.750. The predicted octanol–water partition coefficient (Wildman–Crippen LogP) is 0.891. The average Bonchev–Trinajstić information content (AvgIpc) is 1.86. The first-order valence-electron chi connectivity index (χ1n) is 2.10. The summed E-state index contributed by atoms with van der Waals surface area (Å²) in [7, 11) is 1.18. The topological polar surface area (TPSA) is 46.5 Å². The van der Waals surface area contributed by atoms with Gasteiger partial charge in [-0.2, -0.15) is 0 Å².